The number of hydrogen-bond donors (Lipinski definition) is 2. The van der Waals surface area contributed by atoms with Crippen LogP contribution in [0.25, 0.3) is 22.2 Å². The molecule has 0 bridgehead atoms. The molecular formula is C34H40N6O3. The van der Waals surface area contributed by atoms with E-state index in [9.17, 15) is 9.59 Å². The number of hydrogen-bond acceptors (Lipinski definition) is 6. The molecule has 0 atom stereocenters. The topological polar surface area (TPSA) is 115 Å². The Balaban J connectivity index is 1.33. The average molecular weight is 581 g/mol. The zero-order valence-electron chi connectivity index (χ0n) is 25.2. The first-order valence-electron chi connectivity index (χ1n) is 15.4. The first-order valence-corrected chi connectivity index (χ1v) is 15.4. The summed E-state index contributed by atoms with van der Waals surface area (Å²) >= 11 is 0. The minimum Gasteiger partial charge on any atom is -0.491 e. The van der Waals surface area contributed by atoms with E-state index in [-0.39, 0.29) is 18.1 Å². The number of pyridine rings is 2. The Morgan fingerprint density at radius 2 is 1.88 bits per heavy atom. The zero-order valence-corrected chi connectivity index (χ0v) is 25.2. The van der Waals surface area contributed by atoms with E-state index in [0.717, 1.165) is 72.0 Å². The van der Waals surface area contributed by atoms with Crippen LogP contribution in [0.3, 0.4) is 0 Å². The van der Waals surface area contributed by atoms with Crippen LogP contribution in [0.1, 0.15) is 91.1 Å². The Morgan fingerprint density at radius 3 is 2.60 bits per heavy atom. The number of nitrogens with one attached hydrogen (secondary N) is 1. The molecule has 2 amide bonds. The van der Waals surface area contributed by atoms with Gasteiger partial charge in [0.15, 0.2) is 0 Å². The van der Waals surface area contributed by atoms with Crippen LogP contribution >= 0.6 is 0 Å². The number of nitrogens with two attached hydrogens (primary N) is 1. The van der Waals surface area contributed by atoms with Gasteiger partial charge in [0.25, 0.3) is 5.91 Å². The van der Waals surface area contributed by atoms with Gasteiger partial charge < -0.3 is 25.3 Å². The third-order valence-corrected chi connectivity index (χ3v) is 8.48. The van der Waals surface area contributed by atoms with Gasteiger partial charge in [0.1, 0.15) is 17.2 Å². The van der Waals surface area contributed by atoms with Crippen molar-refractivity contribution in [3.63, 3.8) is 0 Å². The molecule has 4 aromatic rings. The van der Waals surface area contributed by atoms with Crippen LogP contribution in [-0.4, -0.2) is 50.4 Å². The summed E-state index contributed by atoms with van der Waals surface area (Å²) in [6.45, 7) is 4.45. The van der Waals surface area contributed by atoms with Gasteiger partial charge in [0.05, 0.1) is 17.2 Å². The Bertz CT molecular complexity index is 1650. The summed E-state index contributed by atoms with van der Waals surface area (Å²) in [5, 5.41) is 4.31. The molecule has 6 rings (SSSR count). The van der Waals surface area contributed by atoms with Crippen molar-refractivity contribution in [3.05, 3.63) is 71.7 Å². The first kappa shape index (κ1) is 28.7. The SMILES string of the molecule is CC(C)Oc1cc(CNc2ncccc2C(=O)N(C)C2CCCCC2)cc(-c2cn(C3CC3)c3ncc(C(N)=O)cc23)c1. The first-order chi connectivity index (χ1) is 20.8. The number of benzene rings is 1. The lowest BCUT2D eigenvalue weighted by molar-refractivity contribution is 0.0696. The molecule has 2 aliphatic rings. The van der Waals surface area contributed by atoms with Crippen molar-refractivity contribution < 1.29 is 14.3 Å². The molecule has 3 N–H and O–H groups in total. The van der Waals surface area contributed by atoms with Crippen molar-refractivity contribution in [2.45, 2.75) is 83.5 Å². The van der Waals surface area contributed by atoms with Crippen LogP contribution in [0, 0.1) is 0 Å². The summed E-state index contributed by atoms with van der Waals surface area (Å²) < 4.78 is 8.38. The van der Waals surface area contributed by atoms with Gasteiger partial charge in [-0.3, -0.25) is 9.59 Å². The molecule has 3 heterocycles. The molecule has 0 aliphatic heterocycles. The lowest BCUT2D eigenvalue weighted by atomic mass is 9.94. The standard InChI is InChI=1S/C34H40N6O3/c1-21(2)43-27-15-22(18-37-32-28(10-7-13-36-32)34(42)39(3)25-8-5-4-6-9-25)14-23(16-27)30-20-40(26-11-12-26)33-29(30)17-24(19-38-33)31(35)41/h7,10,13-17,19-21,25-26H,4-6,8-9,11-12,18H2,1-3H3,(H2,35,41)(H,36,37). The van der Waals surface area contributed by atoms with E-state index in [2.05, 4.69) is 32.1 Å². The minimum absolute atomic E-state index is 0.00859. The van der Waals surface area contributed by atoms with Crippen molar-refractivity contribution in [1.29, 1.82) is 0 Å². The van der Waals surface area contributed by atoms with Crippen molar-refractivity contribution in [3.8, 4) is 16.9 Å². The molecule has 0 radical (unpaired) electrons. The van der Waals surface area contributed by atoms with E-state index in [0.29, 0.717) is 29.5 Å². The smallest absolute Gasteiger partial charge is 0.257 e. The lowest BCUT2D eigenvalue weighted by Crippen LogP contribution is -2.38. The Kier molecular flexibility index (Phi) is 8.06. The fraction of sp³-hybridized carbons (Fsp3) is 0.412. The van der Waals surface area contributed by atoms with Gasteiger partial charge >= 0.3 is 0 Å². The third-order valence-electron chi connectivity index (χ3n) is 8.48. The molecule has 9 nitrogen and oxygen atoms in total. The van der Waals surface area contributed by atoms with Gasteiger partial charge in [0.2, 0.25) is 5.91 Å². The molecular weight excluding hydrogens is 540 g/mol. The zero-order chi connectivity index (χ0) is 30.1. The van der Waals surface area contributed by atoms with Crippen LogP contribution in [0.4, 0.5) is 5.82 Å². The van der Waals surface area contributed by atoms with Crippen LogP contribution < -0.4 is 15.8 Å². The number of primary amides is 1. The highest BCUT2D eigenvalue weighted by atomic mass is 16.5. The van der Waals surface area contributed by atoms with E-state index in [1.54, 1.807) is 12.4 Å². The summed E-state index contributed by atoms with van der Waals surface area (Å²) in [7, 11) is 1.91. The number of fused-ring (bicyclic) bond motifs is 1. The Morgan fingerprint density at radius 1 is 1.09 bits per heavy atom. The largest absolute Gasteiger partial charge is 0.491 e. The highest BCUT2D eigenvalue weighted by Crippen LogP contribution is 2.42. The molecule has 1 aromatic carbocycles. The molecule has 9 heteroatoms. The summed E-state index contributed by atoms with van der Waals surface area (Å²) in [4.78, 5) is 36.6. The molecule has 0 saturated heterocycles. The number of carbonyl (C=O) groups is 2. The second kappa shape index (κ2) is 12.1. The molecule has 43 heavy (non-hydrogen) atoms. The van der Waals surface area contributed by atoms with Crippen LogP contribution in [0.5, 0.6) is 5.75 Å². The number of nitrogens with zero attached hydrogens (tertiary/aromatic N) is 4. The van der Waals surface area contributed by atoms with Crippen molar-refractivity contribution in [2.24, 2.45) is 5.73 Å². The molecule has 0 unspecified atom stereocenters. The van der Waals surface area contributed by atoms with Crippen LogP contribution in [0.15, 0.2) is 55.0 Å². The number of anilines is 1. The Hall–Kier alpha value is -4.40. The summed E-state index contributed by atoms with van der Waals surface area (Å²) in [5.74, 6) is 0.791. The van der Waals surface area contributed by atoms with E-state index < -0.39 is 5.91 Å². The van der Waals surface area contributed by atoms with E-state index >= 15 is 0 Å². The normalized spacial score (nSPS) is 15.5. The Labute approximate surface area is 252 Å². The maximum atomic E-state index is 13.5. The van der Waals surface area contributed by atoms with E-state index in [4.69, 9.17) is 10.5 Å². The van der Waals surface area contributed by atoms with Gasteiger partial charge in [-0.05, 0) is 87.1 Å². The van der Waals surface area contributed by atoms with Gasteiger partial charge in [-0.15, -0.1) is 0 Å². The summed E-state index contributed by atoms with van der Waals surface area (Å²) in [5.41, 5.74) is 10.3. The van der Waals surface area contributed by atoms with Crippen molar-refractivity contribution >= 4 is 28.7 Å². The molecule has 3 aromatic heterocycles. The van der Waals surface area contributed by atoms with Gasteiger partial charge in [-0.1, -0.05) is 19.3 Å². The lowest BCUT2D eigenvalue weighted by Gasteiger charge is -2.31. The summed E-state index contributed by atoms with van der Waals surface area (Å²) in [6, 6.07) is 12.3. The minimum atomic E-state index is -0.504. The highest BCUT2D eigenvalue weighted by Gasteiger charge is 2.28. The van der Waals surface area contributed by atoms with Crippen molar-refractivity contribution in [2.75, 3.05) is 12.4 Å². The number of aromatic nitrogens is 3. The highest BCUT2D eigenvalue weighted by molar-refractivity contribution is 6.01. The van der Waals surface area contributed by atoms with E-state index in [1.165, 1.54) is 6.42 Å². The van der Waals surface area contributed by atoms with Gasteiger partial charge in [-0.2, -0.15) is 0 Å². The third kappa shape index (κ3) is 6.21. The predicted octanol–water partition coefficient (Wildman–Crippen LogP) is 6.34. The van der Waals surface area contributed by atoms with E-state index in [1.807, 2.05) is 56.1 Å². The fourth-order valence-corrected chi connectivity index (χ4v) is 6.11. The molecule has 0 spiro atoms. The number of amides is 2. The molecule has 2 saturated carbocycles. The number of rotatable bonds is 10. The van der Waals surface area contributed by atoms with Crippen LogP contribution in [-0.2, 0) is 6.54 Å². The van der Waals surface area contributed by atoms with Gasteiger partial charge in [-0.25, -0.2) is 9.97 Å². The fourth-order valence-electron chi connectivity index (χ4n) is 6.11. The monoisotopic (exact) mass is 580 g/mol. The quantitative estimate of drug-likeness (QED) is 0.226. The number of carbonyl (C=O) groups excluding carboxylic acids is 2. The average Bonchev–Trinajstić information content (AvgIpc) is 3.79. The molecule has 224 valence electrons. The van der Waals surface area contributed by atoms with Crippen LogP contribution in [0.2, 0.25) is 0 Å². The van der Waals surface area contributed by atoms with Crippen molar-refractivity contribution in [1.82, 2.24) is 19.4 Å². The number of ether oxygens (including phenoxy) is 1. The molecule has 2 aliphatic carbocycles. The maximum Gasteiger partial charge on any atom is 0.257 e. The second-order valence-electron chi connectivity index (χ2n) is 12.1. The maximum absolute atomic E-state index is 13.5. The molecule has 2 fully saturated rings. The second-order valence-corrected chi connectivity index (χ2v) is 12.1. The van der Waals surface area contributed by atoms with Gasteiger partial charge in [0, 0.05) is 55.2 Å². The predicted molar refractivity (Wildman–Crippen MR) is 168 cm³/mol. The summed E-state index contributed by atoms with van der Waals surface area (Å²) in [6.07, 6.45) is 13.2.